The van der Waals surface area contributed by atoms with Crippen LogP contribution in [0, 0.1) is 11.6 Å². The SMILES string of the molecule is O=C1CC(c2ccnc(Cl)c2)=Nc2ccc(-c3cc(F)cc(F)c3)cc2N1. The third-order valence-electron chi connectivity index (χ3n) is 4.11. The van der Waals surface area contributed by atoms with Crippen molar-refractivity contribution in [2.75, 3.05) is 5.32 Å². The molecule has 1 amide bonds. The fourth-order valence-electron chi connectivity index (χ4n) is 2.91. The first kappa shape index (κ1) is 17.3. The number of benzene rings is 2. The van der Waals surface area contributed by atoms with Gasteiger partial charge in [0.1, 0.15) is 16.8 Å². The Morgan fingerprint density at radius 3 is 2.44 bits per heavy atom. The maximum Gasteiger partial charge on any atom is 0.230 e. The summed E-state index contributed by atoms with van der Waals surface area (Å²) in [5.74, 6) is -1.58. The van der Waals surface area contributed by atoms with Crippen molar-refractivity contribution >= 4 is 34.6 Å². The van der Waals surface area contributed by atoms with Crippen LogP contribution in [0.5, 0.6) is 0 Å². The summed E-state index contributed by atoms with van der Waals surface area (Å²) >= 11 is 5.93. The highest BCUT2D eigenvalue weighted by Gasteiger charge is 2.18. The Labute approximate surface area is 158 Å². The summed E-state index contributed by atoms with van der Waals surface area (Å²) in [7, 11) is 0. The van der Waals surface area contributed by atoms with E-state index in [0.29, 0.717) is 38.9 Å². The summed E-state index contributed by atoms with van der Waals surface area (Å²) in [6, 6.07) is 11.7. The molecule has 0 spiro atoms. The Hall–Kier alpha value is -3.12. The quantitative estimate of drug-likeness (QED) is 0.623. The lowest BCUT2D eigenvalue weighted by molar-refractivity contribution is -0.115. The van der Waals surface area contributed by atoms with Crippen LogP contribution in [0.15, 0.2) is 59.7 Å². The highest BCUT2D eigenvalue weighted by Crippen LogP contribution is 2.34. The van der Waals surface area contributed by atoms with Crippen LogP contribution in [0.3, 0.4) is 0 Å². The molecular formula is C20H12ClF2N3O. The minimum atomic E-state index is -0.668. The molecule has 1 N–H and O–H groups in total. The van der Waals surface area contributed by atoms with Crippen molar-refractivity contribution in [2.24, 2.45) is 4.99 Å². The van der Waals surface area contributed by atoms with E-state index >= 15 is 0 Å². The molecule has 1 aromatic heterocycles. The van der Waals surface area contributed by atoms with Crippen LogP contribution in [0.4, 0.5) is 20.2 Å². The standard InChI is InChI=1S/C20H12ClF2N3O/c21-19-8-12(3-4-24-19)17-10-20(27)26-18-7-11(1-2-16(18)25-17)13-5-14(22)9-15(23)6-13/h1-9H,10H2,(H,26,27). The van der Waals surface area contributed by atoms with E-state index in [1.165, 1.54) is 12.1 Å². The van der Waals surface area contributed by atoms with Gasteiger partial charge in [-0.1, -0.05) is 17.7 Å². The number of nitrogens with zero attached hydrogens (tertiary/aromatic N) is 2. The first-order valence-electron chi connectivity index (χ1n) is 8.08. The molecule has 4 rings (SSSR count). The molecule has 2 heterocycles. The number of carbonyl (C=O) groups excluding carboxylic acids is 1. The number of pyridine rings is 1. The van der Waals surface area contributed by atoms with Gasteiger partial charge < -0.3 is 5.32 Å². The molecule has 27 heavy (non-hydrogen) atoms. The fourth-order valence-corrected chi connectivity index (χ4v) is 3.09. The average molecular weight is 384 g/mol. The molecule has 1 aliphatic heterocycles. The van der Waals surface area contributed by atoms with E-state index in [4.69, 9.17) is 11.6 Å². The largest absolute Gasteiger partial charge is 0.324 e. The number of hydrogen-bond acceptors (Lipinski definition) is 3. The fraction of sp³-hybridized carbons (Fsp3) is 0.0500. The van der Waals surface area contributed by atoms with Gasteiger partial charge in [0, 0.05) is 17.8 Å². The molecular weight excluding hydrogens is 372 g/mol. The number of aliphatic imine (C=N–C) groups is 1. The number of hydrogen-bond donors (Lipinski definition) is 1. The van der Waals surface area contributed by atoms with Crippen LogP contribution in [-0.4, -0.2) is 16.6 Å². The van der Waals surface area contributed by atoms with Crippen LogP contribution in [0.25, 0.3) is 11.1 Å². The van der Waals surface area contributed by atoms with Gasteiger partial charge in [-0.15, -0.1) is 0 Å². The monoisotopic (exact) mass is 383 g/mol. The predicted molar refractivity (Wildman–Crippen MR) is 100 cm³/mol. The number of aromatic nitrogens is 1. The van der Waals surface area contributed by atoms with Crippen LogP contribution in [0.1, 0.15) is 12.0 Å². The van der Waals surface area contributed by atoms with E-state index in [0.717, 1.165) is 6.07 Å². The third kappa shape index (κ3) is 3.71. The summed E-state index contributed by atoms with van der Waals surface area (Å²) in [6.45, 7) is 0. The highest BCUT2D eigenvalue weighted by atomic mass is 35.5. The third-order valence-corrected chi connectivity index (χ3v) is 4.32. The second-order valence-electron chi connectivity index (χ2n) is 6.04. The molecule has 0 aliphatic carbocycles. The number of fused-ring (bicyclic) bond motifs is 1. The predicted octanol–water partition coefficient (Wildman–Crippen LogP) is 5.14. The summed E-state index contributed by atoms with van der Waals surface area (Å²) in [6.07, 6.45) is 1.62. The molecule has 3 aromatic rings. The number of amides is 1. The lowest BCUT2D eigenvalue weighted by atomic mass is 10.0. The Kier molecular flexibility index (Phi) is 4.41. The second kappa shape index (κ2) is 6.89. The summed E-state index contributed by atoms with van der Waals surface area (Å²) in [5.41, 5.74) is 3.22. The van der Waals surface area contributed by atoms with Crippen LogP contribution < -0.4 is 5.32 Å². The minimum absolute atomic E-state index is 0.0684. The molecule has 0 saturated heterocycles. The number of nitrogens with one attached hydrogen (secondary N) is 1. The van der Waals surface area contributed by atoms with Crippen molar-refractivity contribution in [3.05, 3.63) is 77.1 Å². The van der Waals surface area contributed by atoms with E-state index in [9.17, 15) is 13.6 Å². The van der Waals surface area contributed by atoms with Crippen molar-refractivity contribution in [1.82, 2.24) is 4.98 Å². The molecule has 0 saturated carbocycles. The molecule has 1 aliphatic rings. The molecule has 7 heteroatoms. The molecule has 0 radical (unpaired) electrons. The van der Waals surface area contributed by atoms with E-state index < -0.39 is 11.6 Å². The van der Waals surface area contributed by atoms with Crippen molar-refractivity contribution in [3.63, 3.8) is 0 Å². The van der Waals surface area contributed by atoms with Gasteiger partial charge in [0.05, 0.1) is 23.5 Å². The zero-order chi connectivity index (χ0) is 19.0. The lowest BCUT2D eigenvalue weighted by Crippen LogP contribution is -2.15. The summed E-state index contributed by atoms with van der Waals surface area (Å²) < 4.78 is 27.0. The van der Waals surface area contributed by atoms with Crippen LogP contribution in [-0.2, 0) is 4.79 Å². The van der Waals surface area contributed by atoms with Gasteiger partial charge in [0.15, 0.2) is 0 Å². The molecule has 0 atom stereocenters. The Morgan fingerprint density at radius 1 is 0.926 bits per heavy atom. The van der Waals surface area contributed by atoms with Gasteiger partial charge >= 0.3 is 0 Å². The molecule has 2 aromatic carbocycles. The van der Waals surface area contributed by atoms with Crippen molar-refractivity contribution in [2.45, 2.75) is 6.42 Å². The van der Waals surface area contributed by atoms with Gasteiger partial charge in [0.25, 0.3) is 0 Å². The van der Waals surface area contributed by atoms with Gasteiger partial charge in [-0.05, 0) is 47.5 Å². The Balaban J connectivity index is 1.79. The first-order valence-corrected chi connectivity index (χ1v) is 8.45. The molecule has 0 bridgehead atoms. The van der Waals surface area contributed by atoms with E-state index in [-0.39, 0.29) is 12.3 Å². The number of rotatable bonds is 2. The van der Waals surface area contributed by atoms with E-state index in [1.807, 2.05) is 0 Å². The Bertz CT molecular complexity index is 1080. The number of anilines is 1. The topological polar surface area (TPSA) is 54.4 Å². The maximum atomic E-state index is 13.5. The lowest BCUT2D eigenvalue weighted by Gasteiger charge is -2.08. The zero-order valence-electron chi connectivity index (χ0n) is 13.8. The van der Waals surface area contributed by atoms with Gasteiger partial charge in [0.2, 0.25) is 5.91 Å². The van der Waals surface area contributed by atoms with Crippen LogP contribution >= 0.6 is 11.6 Å². The smallest absolute Gasteiger partial charge is 0.230 e. The van der Waals surface area contributed by atoms with Gasteiger partial charge in [-0.3, -0.25) is 9.79 Å². The molecule has 0 fully saturated rings. The molecule has 134 valence electrons. The van der Waals surface area contributed by atoms with E-state index in [1.54, 1.807) is 36.5 Å². The second-order valence-corrected chi connectivity index (χ2v) is 6.43. The van der Waals surface area contributed by atoms with Gasteiger partial charge in [-0.2, -0.15) is 0 Å². The molecule has 4 nitrogen and oxygen atoms in total. The summed E-state index contributed by atoms with van der Waals surface area (Å²) in [4.78, 5) is 20.8. The summed E-state index contributed by atoms with van der Waals surface area (Å²) in [5, 5.41) is 3.10. The van der Waals surface area contributed by atoms with Crippen molar-refractivity contribution in [3.8, 4) is 11.1 Å². The average Bonchev–Trinajstić information content (AvgIpc) is 2.78. The van der Waals surface area contributed by atoms with Crippen LogP contribution in [0.2, 0.25) is 5.15 Å². The number of halogens is 3. The highest BCUT2D eigenvalue weighted by molar-refractivity contribution is 6.30. The Morgan fingerprint density at radius 2 is 1.70 bits per heavy atom. The van der Waals surface area contributed by atoms with Crippen molar-refractivity contribution in [1.29, 1.82) is 0 Å². The zero-order valence-corrected chi connectivity index (χ0v) is 14.6. The minimum Gasteiger partial charge on any atom is -0.324 e. The van der Waals surface area contributed by atoms with E-state index in [2.05, 4.69) is 15.3 Å². The molecule has 0 unspecified atom stereocenters. The maximum absolute atomic E-state index is 13.5. The number of carbonyl (C=O) groups is 1. The van der Waals surface area contributed by atoms with Crippen molar-refractivity contribution < 1.29 is 13.6 Å². The van der Waals surface area contributed by atoms with Gasteiger partial charge in [-0.25, -0.2) is 13.8 Å². The normalized spacial score (nSPS) is 13.4. The first-order chi connectivity index (χ1) is 13.0.